The average Bonchev–Trinajstić information content (AvgIpc) is 3.61. The van der Waals surface area contributed by atoms with E-state index in [2.05, 4.69) is 36.6 Å². The number of carbonyl (C=O) groups is 7. The summed E-state index contributed by atoms with van der Waals surface area (Å²) in [6, 6.07) is 9.71. The molecule has 0 bridgehead atoms. The first-order chi connectivity index (χ1) is 28.5. The van der Waals surface area contributed by atoms with Crippen molar-refractivity contribution in [3.05, 3.63) is 71.9 Å². The number of aromatic nitrogens is 1. The minimum atomic E-state index is -1.27. The highest BCUT2D eigenvalue weighted by Gasteiger charge is 2.34. The third-order valence-electron chi connectivity index (χ3n) is 9.69. The molecular weight excluding hydrogens is 773 g/mol. The highest BCUT2D eigenvalue weighted by Crippen LogP contribution is 2.20. The molecule has 3 rings (SSSR count). The molecule has 18 nitrogen and oxygen atoms in total. The number of amides is 5. The molecule has 0 aliphatic rings. The summed E-state index contributed by atoms with van der Waals surface area (Å²) in [7, 11) is 0. The molecule has 326 valence electrons. The Labute approximate surface area is 349 Å². The van der Waals surface area contributed by atoms with Crippen molar-refractivity contribution in [2.75, 3.05) is 6.54 Å². The first-order valence-electron chi connectivity index (χ1n) is 20.1. The number of para-hydroxylation sites is 1. The summed E-state index contributed by atoms with van der Waals surface area (Å²) in [5, 5.41) is 23.5. The van der Waals surface area contributed by atoms with Crippen molar-refractivity contribution >= 4 is 58.7 Å². The van der Waals surface area contributed by atoms with E-state index in [1.807, 2.05) is 68.4 Å². The fourth-order valence-electron chi connectivity index (χ4n) is 6.50. The molecule has 0 spiro atoms. The van der Waals surface area contributed by atoms with Crippen LogP contribution in [0.5, 0.6) is 0 Å². The van der Waals surface area contributed by atoms with Gasteiger partial charge in [0.2, 0.25) is 29.5 Å². The minimum absolute atomic E-state index is 0.0156. The van der Waals surface area contributed by atoms with E-state index in [1.165, 1.54) is 0 Å². The van der Waals surface area contributed by atoms with Gasteiger partial charge in [0, 0.05) is 36.5 Å². The predicted molar refractivity (Wildman–Crippen MR) is 227 cm³/mol. The van der Waals surface area contributed by atoms with E-state index >= 15 is 0 Å². The van der Waals surface area contributed by atoms with Crippen molar-refractivity contribution < 1.29 is 38.7 Å². The maximum atomic E-state index is 14.3. The molecule has 0 unspecified atom stereocenters. The number of carboxylic acid groups (broad SMARTS) is 1. The molecule has 3 aromatic rings. The van der Waals surface area contributed by atoms with Crippen molar-refractivity contribution in [1.82, 2.24) is 31.6 Å². The van der Waals surface area contributed by atoms with Crippen LogP contribution in [0.25, 0.3) is 10.9 Å². The van der Waals surface area contributed by atoms with E-state index in [-0.39, 0.29) is 63.4 Å². The average molecular weight is 833 g/mol. The molecule has 0 saturated carbocycles. The number of nitrogens with two attached hydrogens (primary N) is 3. The number of fused-ring (bicyclic) bond motifs is 1. The van der Waals surface area contributed by atoms with Crippen LogP contribution in [0.4, 0.5) is 0 Å². The summed E-state index contributed by atoms with van der Waals surface area (Å²) in [6.07, 6.45) is 2.47. The molecule has 5 amide bonds. The number of aliphatic imine (C=N–C) groups is 1. The second-order valence-electron chi connectivity index (χ2n) is 15.5. The Kier molecular flexibility index (Phi) is 19.2. The zero-order chi connectivity index (χ0) is 44.4. The zero-order valence-corrected chi connectivity index (χ0v) is 34.6. The Bertz CT molecular complexity index is 1950. The lowest BCUT2D eigenvalue weighted by atomic mass is 9.99. The van der Waals surface area contributed by atoms with Gasteiger partial charge in [-0.3, -0.25) is 33.8 Å². The fourth-order valence-corrected chi connectivity index (χ4v) is 6.50. The van der Waals surface area contributed by atoms with Crippen LogP contribution in [0, 0.1) is 11.8 Å². The number of hydrogen-bond donors (Lipinski definition) is 10. The largest absolute Gasteiger partial charge is 0.481 e. The number of aliphatic carboxylic acids is 1. The SMILES string of the molecule is CC(C)C[C@H](NC(=O)[C@@H](N)CCC(=O)O)C(=O)N[C@@H](CCCN=C(N)N)C(=O)N[C@@H](Cc1c[nH]c2ccccc12)C(=O)N[C@H](C(=O)N[C@H](C=O)Cc1ccccc1)C(C)C. The number of H-pyrrole nitrogens is 1. The number of rotatable bonds is 25. The van der Waals surface area contributed by atoms with Gasteiger partial charge in [-0.1, -0.05) is 76.2 Å². The van der Waals surface area contributed by atoms with E-state index in [4.69, 9.17) is 22.3 Å². The van der Waals surface area contributed by atoms with Crippen LogP contribution >= 0.6 is 0 Å². The first-order valence-corrected chi connectivity index (χ1v) is 20.1. The van der Waals surface area contributed by atoms with Crippen molar-refractivity contribution in [2.24, 2.45) is 34.0 Å². The van der Waals surface area contributed by atoms with Gasteiger partial charge in [-0.05, 0) is 61.1 Å². The number of benzene rings is 2. The van der Waals surface area contributed by atoms with Crippen LogP contribution in [-0.4, -0.2) is 101 Å². The van der Waals surface area contributed by atoms with Gasteiger partial charge >= 0.3 is 5.97 Å². The first kappa shape index (κ1) is 48.1. The number of nitrogens with one attached hydrogen (secondary N) is 6. The standard InChI is InChI=1S/C42H60N10O8/c1-24(2)19-33(50-37(56)30(43)16-17-35(54)55)39(58)49-32(15-10-18-46-42(44)45)38(57)51-34(21-27-22-47-31-14-9-8-13-29(27)31)40(59)52-36(25(3)4)41(60)48-28(23-53)20-26-11-6-5-7-12-26/h5-9,11-14,22-25,28,30,32-34,36,47H,10,15-21,43H2,1-4H3,(H,48,60)(H,49,58)(H,50,56)(H,51,57)(H,52,59)(H,54,55)(H4,44,45,46)/t28-,30-,32-,33-,34-,36-/m0/s1. The van der Waals surface area contributed by atoms with E-state index in [9.17, 15) is 33.6 Å². The zero-order valence-electron chi connectivity index (χ0n) is 34.6. The summed E-state index contributed by atoms with van der Waals surface area (Å²) in [5.74, 6) is -5.30. The van der Waals surface area contributed by atoms with Gasteiger partial charge < -0.3 is 58.7 Å². The monoisotopic (exact) mass is 832 g/mol. The van der Waals surface area contributed by atoms with Crippen molar-refractivity contribution in [3.63, 3.8) is 0 Å². The molecule has 18 heteroatoms. The molecule has 0 saturated heterocycles. The predicted octanol–water partition coefficient (Wildman–Crippen LogP) is 0.524. The fraction of sp³-hybridized carbons (Fsp3) is 0.476. The molecule has 0 fully saturated rings. The molecule has 0 radical (unpaired) electrons. The lowest BCUT2D eigenvalue weighted by Gasteiger charge is -2.28. The van der Waals surface area contributed by atoms with E-state index in [1.54, 1.807) is 20.0 Å². The molecule has 0 aliphatic carbocycles. The third kappa shape index (κ3) is 15.8. The highest BCUT2D eigenvalue weighted by atomic mass is 16.4. The molecule has 1 aromatic heterocycles. The second-order valence-corrected chi connectivity index (χ2v) is 15.5. The van der Waals surface area contributed by atoms with Crippen LogP contribution in [0.2, 0.25) is 0 Å². The maximum Gasteiger partial charge on any atom is 0.303 e. The van der Waals surface area contributed by atoms with Gasteiger partial charge in [-0.15, -0.1) is 0 Å². The van der Waals surface area contributed by atoms with Crippen LogP contribution < -0.4 is 43.8 Å². The minimum Gasteiger partial charge on any atom is -0.481 e. The maximum absolute atomic E-state index is 14.3. The topological polar surface area (TPSA) is 306 Å². The van der Waals surface area contributed by atoms with Gasteiger partial charge in [0.25, 0.3) is 0 Å². The van der Waals surface area contributed by atoms with Crippen molar-refractivity contribution in [2.45, 2.75) is 109 Å². The van der Waals surface area contributed by atoms with Gasteiger partial charge in [-0.25, -0.2) is 0 Å². The summed E-state index contributed by atoms with van der Waals surface area (Å²) in [4.78, 5) is 99.2. The van der Waals surface area contributed by atoms with Gasteiger partial charge in [0.1, 0.15) is 30.5 Å². The van der Waals surface area contributed by atoms with Gasteiger partial charge in [0.15, 0.2) is 5.96 Å². The normalized spacial score (nSPS) is 14.2. The van der Waals surface area contributed by atoms with Crippen molar-refractivity contribution in [3.8, 4) is 0 Å². The Morgan fingerprint density at radius 2 is 1.37 bits per heavy atom. The molecule has 0 aliphatic heterocycles. The Morgan fingerprint density at radius 3 is 2.00 bits per heavy atom. The summed E-state index contributed by atoms with van der Waals surface area (Å²) in [5.41, 5.74) is 19.2. The number of nitrogens with zero attached hydrogens (tertiary/aromatic N) is 1. The number of aromatic amines is 1. The molecular formula is C42H60N10O8. The Balaban J connectivity index is 1.92. The molecule has 1 heterocycles. The van der Waals surface area contributed by atoms with Crippen LogP contribution in [-0.2, 0) is 46.4 Å². The Hall–Kier alpha value is -6.30. The number of carboxylic acids is 1. The van der Waals surface area contributed by atoms with Crippen molar-refractivity contribution in [1.29, 1.82) is 0 Å². The Morgan fingerprint density at radius 1 is 0.750 bits per heavy atom. The number of carbonyl (C=O) groups excluding carboxylic acids is 6. The van der Waals surface area contributed by atoms with Gasteiger partial charge in [-0.2, -0.15) is 0 Å². The molecule has 2 aromatic carbocycles. The summed E-state index contributed by atoms with van der Waals surface area (Å²) in [6.45, 7) is 7.24. The van der Waals surface area contributed by atoms with Crippen LogP contribution in [0.1, 0.15) is 70.9 Å². The van der Waals surface area contributed by atoms with Crippen LogP contribution in [0.15, 0.2) is 65.8 Å². The highest BCUT2D eigenvalue weighted by molar-refractivity contribution is 5.97. The lowest BCUT2D eigenvalue weighted by Crippen LogP contribution is -2.60. The quantitative estimate of drug-likeness (QED) is 0.0243. The number of aldehydes is 1. The van der Waals surface area contributed by atoms with E-state index in [0.29, 0.717) is 11.8 Å². The van der Waals surface area contributed by atoms with Crippen LogP contribution in [0.3, 0.4) is 0 Å². The van der Waals surface area contributed by atoms with E-state index < -0.39 is 77.7 Å². The summed E-state index contributed by atoms with van der Waals surface area (Å²) >= 11 is 0. The smallest absolute Gasteiger partial charge is 0.303 e. The van der Waals surface area contributed by atoms with Gasteiger partial charge in [0.05, 0.1) is 12.1 Å². The molecule has 60 heavy (non-hydrogen) atoms. The third-order valence-corrected chi connectivity index (χ3v) is 9.69. The lowest BCUT2D eigenvalue weighted by molar-refractivity contribution is -0.137. The number of guanidine groups is 1. The summed E-state index contributed by atoms with van der Waals surface area (Å²) < 4.78 is 0. The molecule has 6 atom stereocenters. The number of hydrogen-bond acceptors (Lipinski definition) is 9. The van der Waals surface area contributed by atoms with E-state index in [0.717, 1.165) is 16.5 Å². The second kappa shape index (κ2) is 23.9. The molecule has 13 N–H and O–H groups in total.